The summed E-state index contributed by atoms with van der Waals surface area (Å²) in [4.78, 5) is 20.5. The molecule has 0 unspecified atom stereocenters. The molecular weight excluding hydrogens is 218 g/mol. The van der Waals surface area contributed by atoms with Crippen LogP contribution in [0.5, 0.6) is 5.75 Å². The third-order valence-electron chi connectivity index (χ3n) is 1.76. The number of hydrogen-bond acceptors (Lipinski definition) is 5. The summed E-state index contributed by atoms with van der Waals surface area (Å²) in [6.45, 7) is -0.226. The average Bonchev–Trinajstić information content (AvgIpc) is 2.25. The van der Waals surface area contributed by atoms with Crippen LogP contribution in [0.25, 0.3) is 0 Å². The lowest BCUT2D eigenvalue weighted by Gasteiger charge is -2.05. The second-order valence-electron chi connectivity index (χ2n) is 2.81. The van der Waals surface area contributed by atoms with Crippen LogP contribution in [-0.4, -0.2) is 34.3 Å². The highest BCUT2D eigenvalue weighted by Gasteiger charge is 2.20. The first-order valence-corrected chi connectivity index (χ1v) is 4.31. The third kappa shape index (κ3) is 2.67. The van der Waals surface area contributed by atoms with E-state index in [1.54, 1.807) is 0 Å². The molecule has 7 heteroatoms. The summed E-state index contributed by atoms with van der Waals surface area (Å²) in [6.07, 6.45) is 0. The summed E-state index contributed by atoms with van der Waals surface area (Å²) in [7, 11) is 0. The van der Waals surface area contributed by atoms with Crippen molar-refractivity contribution in [2.45, 2.75) is 0 Å². The van der Waals surface area contributed by atoms with Crippen molar-refractivity contribution in [3.63, 3.8) is 0 Å². The molecule has 0 bridgehead atoms. The molecule has 0 heterocycles. The lowest BCUT2D eigenvalue weighted by molar-refractivity contribution is -0.385. The minimum Gasteiger partial charge on any atom is -0.491 e. The first kappa shape index (κ1) is 11.9. The number of nitro benzene ring substituents is 1. The molecule has 0 saturated carbocycles. The van der Waals surface area contributed by atoms with Gasteiger partial charge in [0.25, 0.3) is 5.69 Å². The second kappa shape index (κ2) is 5.08. The number of carboxylic acids is 1. The summed E-state index contributed by atoms with van der Waals surface area (Å²) in [5, 5.41) is 27.8. The van der Waals surface area contributed by atoms with Crippen molar-refractivity contribution < 1.29 is 24.7 Å². The number of benzene rings is 1. The van der Waals surface area contributed by atoms with E-state index in [0.29, 0.717) is 0 Å². The lowest BCUT2D eigenvalue weighted by Crippen LogP contribution is -2.05. The van der Waals surface area contributed by atoms with Gasteiger partial charge in [-0.25, -0.2) is 4.79 Å². The van der Waals surface area contributed by atoms with Gasteiger partial charge in [-0.05, 0) is 6.07 Å². The van der Waals surface area contributed by atoms with Crippen molar-refractivity contribution in [1.29, 1.82) is 0 Å². The summed E-state index contributed by atoms with van der Waals surface area (Å²) in [5.41, 5.74) is -0.940. The van der Waals surface area contributed by atoms with Crippen molar-refractivity contribution in [3.05, 3.63) is 33.9 Å². The van der Waals surface area contributed by atoms with E-state index in [9.17, 15) is 14.9 Å². The molecule has 1 aromatic carbocycles. The Morgan fingerprint density at radius 1 is 1.50 bits per heavy atom. The Morgan fingerprint density at radius 3 is 2.69 bits per heavy atom. The Balaban J connectivity index is 3.07. The second-order valence-corrected chi connectivity index (χ2v) is 2.81. The van der Waals surface area contributed by atoms with E-state index in [1.807, 2.05) is 0 Å². The first-order valence-electron chi connectivity index (χ1n) is 4.31. The van der Waals surface area contributed by atoms with Gasteiger partial charge in [-0.1, -0.05) is 0 Å². The highest BCUT2D eigenvalue weighted by atomic mass is 16.6. The molecule has 1 rings (SSSR count). The number of nitro groups is 1. The van der Waals surface area contributed by atoms with Crippen molar-refractivity contribution in [3.8, 4) is 5.75 Å². The molecular formula is C9H9NO6. The van der Waals surface area contributed by atoms with Crippen LogP contribution in [0.15, 0.2) is 18.2 Å². The smallest absolute Gasteiger partial charge is 0.342 e. The SMILES string of the molecule is O=C(O)c1cc(OCCO)ccc1[N+](=O)[O-]. The van der Waals surface area contributed by atoms with E-state index in [1.165, 1.54) is 6.07 Å². The van der Waals surface area contributed by atoms with Crippen molar-refractivity contribution >= 4 is 11.7 Å². The highest BCUT2D eigenvalue weighted by molar-refractivity contribution is 5.92. The highest BCUT2D eigenvalue weighted by Crippen LogP contribution is 2.23. The Hall–Kier alpha value is -2.15. The van der Waals surface area contributed by atoms with Crippen molar-refractivity contribution in [2.75, 3.05) is 13.2 Å². The molecule has 0 aromatic heterocycles. The van der Waals surface area contributed by atoms with E-state index in [-0.39, 0.29) is 19.0 Å². The minimum absolute atomic E-state index is 0.00311. The average molecular weight is 227 g/mol. The van der Waals surface area contributed by atoms with Gasteiger partial charge in [0.15, 0.2) is 0 Å². The molecule has 0 fully saturated rings. The molecule has 0 aliphatic carbocycles. The van der Waals surface area contributed by atoms with E-state index in [0.717, 1.165) is 12.1 Å². The number of carbonyl (C=O) groups is 1. The maximum atomic E-state index is 10.7. The van der Waals surface area contributed by atoms with Gasteiger partial charge in [-0.2, -0.15) is 0 Å². The Kier molecular flexibility index (Phi) is 3.78. The monoisotopic (exact) mass is 227 g/mol. The number of ether oxygens (including phenoxy) is 1. The van der Waals surface area contributed by atoms with Crippen LogP contribution in [0.3, 0.4) is 0 Å². The zero-order valence-corrected chi connectivity index (χ0v) is 8.12. The van der Waals surface area contributed by atoms with Gasteiger partial charge in [-0.15, -0.1) is 0 Å². The van der Waals surface area contributed by atoms with Gasteiger partial charge in [0.2, 0.25) is 0 Å². The number of hydrogen-bond donors (Lipinski definition) is 2. The fraction of sp³-hybridized carbons (Fsp3) is 0.222. The molecule has 0 atom stereocenters. The molecule has 86 valence electrons. The van der Waals surface area contributed by atoms with Crippen LogP contribution in [0, 0.1) is 10.1 Å². The number of aliphatic hydroxyl groups excluding tert-OH is 1. The topological polar surface area (TPSA) is 110 Å². The summed E-state index contributed by atoms with van der Waals surface area (Å²) in [5.74, 6) is -1.24. The fourth-order valence-corrected chi connectivity index (χ4v) is 1.10. The zero-order valence-electron chi connectivity index (χ0n) is 8.12. The predicted molar refractivity (Wildman–Crippen MR) is 52.6 cm³/mol. The number of carboxylic acid groups (broad SMARTS) is 1. The van der Waals surface area contributed by atoms with E-state index >= 15 is 0 Å². The largest absolute Gasteiger partial charge is 0.491 e. The maximum absolute atomic E-state index is 10.7. The van der Waals surface area contributed by atoms with Gasteiger partial charge >= 0.3 is 5.97 Å². The molecule has 2 N–H and O–H groups in total. The molecule has 7 nitrogen and oxygen atoms in total. The quantitative estimate of drug-likeness (QED) is 0.564. The molecule has 0 radical (unpaired) electrons. The standard InChI is InChI=1S/C9H9NO6/c11-3-4-16-6-1-2-8(10(14)15)7(5-6)9(12)13/h1-2,5,11H,3-4H2,(H,12,13). The van der Waals surface area contributed by atoms with Gasteiger partial charge in [0.1, 0.15) is 17.9 Å². The number of aromatic carboxylic acids is 1. The number of aliphatic hydroxyl groups is 1. The van der Waals surface area contributed by atoms with Crippen LogP contribution >= 0.6 is 0 Å². The van der Waals surface area contributed by atoms with Gasteiger partial charge < -0.3 is 14.9 Å². The fourth-order valence-electron chi connectivity index (χ4n) is 1.10. The van der Waals surface area contributed by atoms with Crippen molar-refractivity contribution in [1.82, 2.24) is 0 Å². The van der Waals surface area contributed by atoms with Gasteiger partial charge in [0, 0.05) is 12.1 Å². The van der Waals surface area contributed by atoms with Gasteiger partial charge in [-0.3, -0.25) is 10.1 Å². The molecule has 0 saturated heterocycles. The Labute approximate surface area is 90.0 Å². The molecule has 0 aliphatic rings. The molecule has 1 aromatic rings. The van der Waals surface area contributed by atoms with E-state index in [2.05, 4.69) is 0 Å². The molecule has 0 spiro atoms. The summed E-state index contributed by atoms with van der Waals surface area (Å²) < 4.78 is 4.94. The van der Waals surface area contributed by atoms with E-state index < -0.39 is 22.1 Å². The maximum Gasteiger partial charge on any atom is 0.342 e. The molecule has 16 heavy (non-hydrogen) atoms. The summed E-state index contributed by atoms with van der Waals surface area (Å²) >= 11 is 0. The normalized spacial score (nSPS) is 9.81. The lowest BCUT2D eigenvalue weighted by atomic mass is 10.2. The van der Waals surface area contributed by atoms with Crippen molar-refractivity contribution in [2.24, 2.45) is 0 Å². The number of rotatable bonds is 5. The summed E-state index contributed by atoms with van der Waals surface area (Å²) in [6, 6.07) is 3.38. The zero-order chi connectivity index (χ0) is 12.1. The predicted octanol–water partition coefficient (Wildman–Crippen LogP) is 0.664. The van der Waals surface area contributed by atoms with Crippen LogP contribution in [0.1, 0.15) is 10.4 Å². The van der Waals surface area contributed by atoms with Crippen LogP contribution in [-0.2, 0) is 0 Å². The Morgan fingerprint density at radius 2 is 2.19 bits per heavy atom. The van der Waals surface area contributed by atoms with Gasteiger partial charge in [0.05, 0.1) is 11.5 Å². The minimum atomic E-state index is -1.40. The van der Waals surface area contributed by atoms with E-state index in [4.69, 9.17) is 14.9 Å². The third-order valence-corrected chi connectivity index (χ3v) is 1.76. The Bertz CT molecular complexity index is 416. The first-order chi connectivity index (χ1) is 7.56. The molecule has 0 amide bonds. The number of nitrogens with zero attached hydrogens (tertiary/aromatic N) is 1. The van der Waals surface area contributed by atoms with Crippen LogP contribution in [0.2, 0.25) is 0 Å². The van der Waals surface area contributed by atoms with Crippen LogP contribution < -0.4 is 4.74 Å². The van der Waals surface area contributed by atoms with Crippen LogP contribution in [0.4, 0.5) is 5.69 Å². The molecule has 0 aliphatic heterocycles.